The van der Waals surface area contributed by atoms with Gasteiger partial charge in [0.05, 0.1) is 9.50 Å². The molecular weight excluding hydrogens is 251 g/mol. The largest absolute Gasteiger partial charge is 0.364 e. The molecule has 0 saturated heterocycles. The van der Waals surface area contributed by atoms with Gasteiger partial charge in [0, 0.05) is 11.7 Å². The first-order valence-corrected chi connectivity index (χ1v) is 5.35. The Labute approximate surface area is 90.8 Å². The fraction of sp³-hybridized carbons (Fsp3) is 0.444. The summed E-state index contributed by atoms with van der Waals surface area (Å²) in [5.74, 6) is 0.879. The van der Waals surface area contributed by atoms with Crippen molar-refractivity contribution in [3.05, 3.63) is 21.8 Å². The third kappa shape index (κ3) is 2.15. The molecule has 0 amide bonds. The summed E-state index contributed by atoms with van der Waals surface area (Å²) in [5, 5.41) is 4.02. The van der Waals surface area contributed by atoms with Gasteiger partial charge in [-0.05, 0) is 41.8 Å². The molecule has 1 heterocycles. The van der Waals surface area contributed by atoms with Crippen LogP contribution in [-0.2, 0) is 0 Å². The van der Waals surface area contributed by atoms with Crippen molar-refractivity contribution in [1.29, 1.82) is 0 Å². The Morgan fingerprint density at radius 1 is 1.62 bits per heavy atom. The zero-order valence-electron chi connectivity index (χ0n) is 7.27. The van der Waals surface area contributed by atoms with Crippen molar-refractivity contribution in [3.8, 4) is 0 Å². The van der Waals surface area contributed by atoms with E-state index in [9.17, 15) is 0 Å². The second-order valence-corrected chi connectivity index (χ2v) is 4.96. The maximum absolute atomic E-state index is 5.78. The lowest BCUT2D eigenvalue weighted by Gasteiger charge is -2.13. The Morgan fingerprint density at radius 3 is 2.85 bits per heavy atom. The van der Waals surface area contributed by atoms with E-state index in [4.69, 9.17) is 11.6 Å². The minimum absolute atomic E-state index is 0.253. The molecule has 0 unspecified atom stereocenters. The standard InChI is InChI=1S/C9H10BrClN2/c1-9(2-3-9)13-8-7(10)4-6(11)5-12-8/h4-5H,2-3H2,1H3,(H,12,13). The van der Waals surface area contributed by atoms with Gasteiger partial charge in [-0.1, -0.05) is 11.6 Å². The SMILES string of the molecule is CC1(Nc2ncc(Cl)cc2Br)CC1. The summed E-state index contributed by atoms with van der Waals surface area (Å²) in [6.07, 6.45) is 4.08. The maximum Gasteiger partial charge on any atom is 0.140 e. The Hall–Kier alpha value is -0.280. The van der Waals surface area contributed by atoms with E-state index in [1.54, 1.807) is 6.20 Å². The fourth-order valence-electron chi connectivity index (χ4n) is 1.10. The van der Waals surface area contributed by atoms with Crippen molar-refractivity contribution in [3.63, 3.8) is 0 Å². The number of nitrogens with zero attached hydrogens (tertiary/aromatic N) is 1. The molecule has 70 valence electrons. The lowest BCUT2D eigenvalue weighted by atomic mass is 10.3. The predicted molar refractivity (Wildman–Crippen MR) is 58.2 cm³/mol. The molecule has 1 aromatic heterocycles. The minimum Gasteiger partial charge on any atom is -0.364 e. The number of halogens is 2. The number of rotatable bonds is 2. The zero-order chi connectivity index (χ0) is 9.47. The van der Waals surface area contributed by atoms with E-state index < -0.39 is 0 Å². The first-order chi connectivity index (χ1) is 6.09. The third-order valence-corrected chi connectivity index (χ3v) is 3.04. The molecule has 0 bridgehead atoms. The summed E-state index contributed by atoms with van der Waals surface area (Å²) in [6.45, 7) is 2.19. The molecule has 4 heteroatoms. The topological polar surface area (TPSA) is 24.9 Å². The van der Waals surface area contributed by atoms with Crippen molar-refractivity contribution in [1.82, 2.24) is 4.98 Å². The van der Waals surface area contributed by atoms with Crippen LogP contribution in [0.1, 0.15) is 19.8 Å². The van der Waals surface area contributed by atoms with Gasteiger partial charge in [-0.2, -0.15) is 0 Å². The first-order valence-electron chi connectivity index (χ1n) is 4.18. The summed E-state index contributed by atoms with van der Waals surface area (Å²) in [7, 11) is 0. The Bertz CT molecular complexity index is 336. The molecule has 13 heavy (non-hydrogen) atoms. The van der Waals surface area contributed by atoms with E-state index >= 15 is 0 Å². The minimum atomic E-state index is 0.253. The van der Waals surface area contributed by atoms with Gasteiger partial charge >= 0.3 is 0 Å². The van der Waals surface area contributed by atoms with Gasteiger partial charge in [-0.15, -0.1) is 0 Å². The van der Waals surface area contributed by atoms with Crippen LogP contribution in [0.15, 0.2) is 16.7 Å². The van der Waals surface area contributed by atoms with E-state index in [0.29, 0.717) is 5.02 Å². The van der Waals surface area contributed by atoms with Crippen LogP contribution in [-0.4, -0.2) is 10.5 Å². The summed E-state index contributed by atoms with van der Waals surface area (Å²) < 4.78 is 0.924. The molecular formula is C9H10BrClN2. The van der Waals surface area contributed by atoms with Crippen molar-refractivity contribution in [2.24, 2.45) is 0 Å². The molecule has 1 fully saturated rings. The normalized spacial score (nSPS) is 18.4. The van der Waals surface area contributed by atoms with Gasteiger partial charge in [-0.25, -0.2) is 4.98 Å². The van der Waals surface area contributed by atoms with Crippen LogP contribution >= 0.6 is 27.5 Å². The Balaban J connectivity index is 2.20. The highest BCUT2D eigenvalue weighted by molar-refractivity contribution is 9.10. The summed E-state index contributed by atoms with van der Waals surface area (Å²) in [4.78, 5) is 4.21. The molecule has 0 radical (unpaired) electrons. The third-order valence-electron chi connectivity index (χ3n) is 2.23. The fourth-order valence-corrected chi connectivity index (χ4v) is 1.84. The second-order valence-electron chi connectivity index (χ2n) is 3.67. The highest BCUT2D eigenvalue weighted by Gasteiger charge is 2.37. The summed E-state index contributed by atoms with van der Waals surface area (Å²) in [6, 6.07) is 1.85. The van der Waals surface area contributed by atoms with E-state index in [0.717, 1.165) is 10.3 Å². The molecule has 1 saturated carbocycles. The van der Waals surface area contributed by atoms with Crippen LogP contribution in [0.4, 0.5) is 5.82 Å². The van der Waals surface area contributed by atoms with Gasteiger partial charge in [0.1, 0.15) is 5.82 Å². The average molecular weight is 262 g/mol. The molecule has 0 aliphatic heterocycles. The second kappa shape index (κ2) is 3.14. The number of nitrogens with one attached hydrogen (secondary N) is 1. The highest BCUT2D eigenvalue weighted by Crippen LogP contribution is 2.39. The lowest BCUT2D eigenvalue weighted by molar-refractivity contribution is 0.819. The zero-order valence-corrected chi connectivity index (χ0v) is 9.61. The molecule has 1 aliphatic carbocycles. The van der Waals surface area contributed by atoms with Crippen molar-refractivity contribution in [2.45, 2.75) is 25.3 Å². The number of anilines is 1. The quantitative estimate of drug-likeness (QED) is 0.882. The molecule has 0 aromatic carbocycles. The van der Waals surface area contributed by atoms with Gasteiger partial charge in [-0.3, -0.25) is 0 Å². The maximum atomic E-state index is 5.78. The highest BCUT2D eigenvalue weighted by atomic mass is 79.9. The molecule has 0 spiro atoms. The van der Waals surface area contributed by atoms with E-state index in [-0.39, 0.29) is 5.54 Å². The van der Waals surface area contributed by atoms with Crippen molar-refractivity contribution < 1.29 is 0 Å². The molecule has 1 aromatic rings. The summed E-state index contributed by atoms with van der Waals surface area (Å²) >= 11 is 9.20. The number of pyridine rings is 1. The van der Waals surface area contributed by atoms with Crippen LogP contribution in [0, 0.1) is 0 Å². The van der Waals surface area contributed by atoms with Gasteiger partial charge in [0.2, 0.25) is 0 Å². The van der Waals surface area contributed by atoms with Gasteiger partial charge in [0.25, 0.3) is 0 Å². The number of hydrogen-bond acceptors (Lipinski definition) is 2. The molecule has 1 aliphatic rings. The predicted octanol–water partition coefficient (Wildman–Crippen LogP) is 3.46. The van der Waals surface area contributed by atoms with Gasteiger partial charge < -0.3 is 5.32 Å². The van der Waals surface area contributed by atoms with Crippen LogP contribution in [0.25, 0.3) is 0 Å². The molecule has 2 rings (SSSR count). The number of aromatic nitrogens is 1. The average Bonchev–Trinajstić information content (AvgIpc) is 2.75. The van der Waals surface area contributed by atoms with Crippen molar-refractivity contribution in [2.75, 3.05) is 5.32 Å². The first kappa shape index (κ1) is 9.28. The van der Waals surface area contributed by atoms with Crippen LogP contribution in [0.3, 0.4) is 0 Å². The molecule has 1 N–H and O–H groups in total. The van der Waals surface area contributed by atoms with Crippen LogP contribution in [0.5, 0.6) is 0 Å². The van der Waals surface area contributed by atoms with E-state index in [1.165, 1.54) is 12.8 Å². The molecule has 0 atom stereocenters. The van der Waals surface area contributed by atoms with E-state index in [1.807, 2.05) is 6.07 Å². The smallest absolute Gasteiger partial charge is 0.140 e. The summed E-state index contributed by atoms with van der Waals surface area (Å²) in [5.41, 5.74) is 0.253. The van der Waals surface area contributed by atoms with E-state index in [2.05, 4.69) is 33.2 Å². The number of hydrogen-bond donors (Lipinski definition) is 1. The monoisotopic (exact) mass is 260 g/mol. The lowest BCUT2D eigenvalue weighted by Crippen LogP contribution is -2.17. The Morgan fingerprint density at radius 2 is 2.31 bits per heavy atom. The van der Waals surface area contributed by atoms with Crippen LogP contribution < -0.4 is 5.32 Å². The van der Waals surface area contributed by atoms with Gasteiger partial charge in [0.15, 0.2) is 0 Å². The Kier molecular flexibility index (Phi) is 2.24. The van der Waals surface area contributed by atoms with Crippen molar-refractivity contribution >= 4 is 33.3 Å². The van der Waals surface area contributed by atoms with Crippen LogP contribution in [0.2, 0.25) is 5.02 Å². The molecule has 2 nitrogen and oxygen atoms in total.